The van der Waals surface area contributed by atoms with Crippen LogP contribution in [0.25, 0.3) is 10.9 Å². The molecule has 2 aromatic heterocycles. The number of carbonyl (C=O) groups excluding carboxylic acids is 1. The van der Waals surface area contributed by atoms with Crippen molar-refractivity contribution in [3.63, 3.8) is 0 Å². The molecule has 0 aliphatic rings. The van der Waals surface area contributed by atoms with Gasteiger partial charge in [0.15, 0.2) is 12.0 Å². The van der Waals surface area contributed by atoms with Crippen molar-refractivity contribution in [2.24, 2.45) is 0 Å². The van der Waals surface area contributed by atoms with Crippen LogP contribution in [0.15, 0.2) is 45.6 Å². The number of nitrogens with zero attached hydrogens (tertiary/aromatic N) is 3. The fourth-order valence-electron chi connectivity index (χ4n) is 1.82. The van der Waals surface area contributed by atoms with Crippen molar-refractivity contribution in [1.29, 1.82) is 0 Å². The summed E-state index contributed by atoms with van der Waals surface area (Å²) in [6, 6.07) is 10.2. The highest BCUT2D eigenvalue weighted by atomic mass is 16.3. The maximum Gasteiger partial charge on any atom is 0.278 e. The monoisotopic (exact) mass is 255 g/mol. The van der Waals surface area contributed by atoms with Crippen molar-refractivity contribution >= 4 is 17.2 Å². The van der Waals surface area contributed by atoms with E-state index in [0.29, 0.717) is 22.9 Å². The first-order valence-electron chi connectivity index (χ1n) is 5.64. The highest BCUT2D eigenvalue weighted by Gasteiger charge is 2.08. The molecule has 0 saturated carbocycles. The lowest BCUT2D eigenvalue weighted by Gasteiger charge is -2.02. The van der Waals surface area contributed by atoms with Crippen LogP contribution in [0.4, 0.5) is 0 Å². The number of carbonyl (C=O) groups is 1. The molecule has 0 saturated heterocycles. The van der Waals surface area contributed by atoms with Gasteiger partial charge in [-0.3, -0.25) is 9.59 Å². The topological polar surface area (TPSA) is 78.0 Å². The molecule has 1 aromatic carbocycles. The first-order chi connectivity index (χ1) is 9.28. The third-order valence-corrected chi connectivity index (χ3v) is 2.73. The number of aromatic nitrogens is 3. The van der Waals surface area contributed by atoms with E-state index in [2.05, 4.69) is 10.3 Å². The quantitative estimate of drug-likeness (QED) is 0.658. The smallest absolute Gasteiger partial charge is 0.278 e. The van der Waals surface area contributed by atoms with Crippen LogP contribution in [0.1, 0.15) is 16.3 Å². The van der Waals surface area contributed by atoms with E-state index in [1.165, 1.54) is 4.68 Å². The van der Waals surface area contributed by atoms with Gasteiger partial charge in [-0.05, 0) is 24.3 Å². The number of furan rings is 1. The van der Waals surface area contributed by atoms with Gasteiger partial charge in [0.2, 0.25) is 0 Å². The summed E-state index contributed by atoms with van der Waals surface area (Å²) in [5.74, 6) is 0.700. The molecule has 2 heterocycles. The van der Waals surface area contributed by atoms with Gasteiger partial charge in [-0.25, -0.2) is 4.68 Å². The Hall–Kier alpha value is -2.76. The third kappa shape index (κ3) is 2.03. The molecular weight excluding hydrogens is 246 g/mol. The van der Waals surface area contributed by atoms with Crippen LogP contribution >= 0.6 is 0 Å². The highest BCUT2D eigenvalue weighted by molar-refractivity contribution is 5.76. The number of hydrogen-bond acceptors (Lipinski definition) is 5. The first-order valence-corrected chi connectivity index (χ1v) is 5.64. The minimum absolute atomic E-state index is 0.143. The Labute approximate surface area is 107 Å². The number of fused-ring (bicyclic) bond motifs is 1. The number of rotatable bonds is 3. The molecule has 19 heavy (non-hydrogen) atoms. The van der Waals surface area contributed by atoms with Gasteiger partial charge in [0.1, 0.15) is 17.8 Å². The van der Waals surface area contributed by atoms with Gasteiger partial charge in [-0.2, -0.15) is 0 Å². The zero-order valence-electron chi connectivity index (χ0n) is 9.81. The third-order valence-electron chi connectivity index (χ3n) is 2.73. The van der Waals surface area contributed by atoms with E-state index in [0.717, 1.165) is 0 Å². The number of hydrogen-bond donors (Lipinski definition) is 0. The summed E-state index contributed by atoms with van der Waals surface area (Å²) in [6.45, 7) is 0.143. The van der Waals surface area contributed by atoms with Crippen LogP contribution in [0.2, 0.25) is 0 Å². The standard InChI is InChI=1S/C13H9N3O3/c17-8-10-6-5-9(19-10)7-16-13(18)11-3-1-2-4-12(11)14-15-16/h1-6,8H,7H2. The minimum atomic E-state index is -0.241. The first kappa shape index (κ1) is 11.3. The van der Waals surface area contributed by atoms with Crippen LogP contribution in [0.3, 0.4) is 0 Å². The maximum atomic E-state index is 12.2. The molecule has 0 bridgehead atoms. The molecule has 0 aliphatic carbocycles. The Morgan fingerprint density at radius 2 is 2.05 bits per heavy atom. The van der Waals surface area contributed by atoms with Crippen molar-refractivity contribution < 1.29 is 9.21 Å². The fourth-order valence-corrected chi connectivity index (χ4v) is 1.82. The van der Waals surface area contributed by atoms with Crippen molar-refractivity contribution in [2.45, 2.75) is 6.54 Å². The molecule has 0 unspecified atom stereocenters. The van der Waals surface area contributed by atoms with Gasteiger partial charge in [0.25, 0.3) is 5.56 Å². The maximum absolute atomic E-state index is 12.2. The van der Waals surface area contributed by atoms with Gasteiger partial charge in [-0.15, -0.1) is 5.10 Å². The van der Waals surface area contributed by atoms with Crippen LogP contribution in [0.5, 0.6) is 0 Å². The Bertz CT molecular complexity index is 804. The van der Waals surface area contributed by atoms with Gasteiger partial charge in [0.05, 0.1) is 5.39 Å². The molecule has 3 aromatic rings. The van der Waals surface area contributed by atoms with E-state index in [4.69, 9.17) is 4.42 Å². The largest absolute Gasteiger partial charge is 0.456 e. The lowest BCUT2D eigenvalue weighted by atomic mass is 10.2. The summed E-state index contributed by atoms with van der Waals surface area (Å²) in [4.78, 5) is 22.7. The summed E-state index contributed by atoms with van der Waals surface area (Å²) >= 11 is 0. The zero-order valence-corrected chi connectivity index (χ0v) is 9.81. The van der Waals surface area contributed by atoms with Crippen molar-refractivity contribution in [3.8, 4) is 0 Å². The molecule has 0 N–H and O–H groups in total. The summed E-state index contributed by atoms with van der Waals surface area (Å²) in [6.07, 6.45) is 0.609. The highest BCUT2D eigenvalue weighted by Crippen LogP contribution is 2.07. The fraction of sp³-hybridized carbons (Fsp3) is 0.0769. The van der Waals surface area contributed by atoms with Crippen molar-refractivity contribution in [2.75, 3.05) is 0 Å². The minimum Gasteiger partial charge on any atom is -0.456 e. The van der Waals surface area contributed by atoms with Crippen LogP contribution in [-0.2, 0) is 6.54 Å². The molecule has 6 heteroatoms. The summed E-state index contributed by atoms with van der Waals surface area (Å²) in [7, 11) is 0. The van der Waals surface area contributed by atoms with Gasteiger partial charge >= 0.3 is 0 Å². The molecule has 0 fully saturated rings. The molecule has 0 aliphatic heterocycles. The lowest BCUT2D eigenvalue weighted by Crippen LogP contribution is -2.24. The molecule has 0 spiro atoms. The second-order valence-corrected chi connectivity index (χ2v) is 3.99. The van der Waals surface area contributed by atoms with Crippen LogP contribution in [0, 0.1) is 0 Å². The molecular formula is C13H9N3O3. The number of aldehydes is 1. The molecule has 0 radical (unpaired) electrons. The molecule has 94 valence electrons. The molecule has 0 atom stereocenters. The van der Waals surface area contributed by atoms with E-state index >= 15 is 0 Å². The predicted octanol–water partition coefficient (Wildman–Crippen LogP) is 1.25. The van der Waals surface area contributed by atoms with E-state index in [9.17, 15) is 9.59 Å². The van der Waals surface area contributed by atoms with E-state index in [1.54, 1.807) is 36.4 Å². The number of benzene rings is 1. The van der Waals surface area contributed by atoms with E-state index < -0.39 is 0 Å². The molecule has 3 rings (SSSR count). The zero-order chi connectivity index (χ0) is 13.2. The average Bonchev–Trinajstić information content (AvgIpc) is 2.90. The average molecular weight is 255 g/mol. The van der Waals surface area contributed by atoms with Crippen molar-refractivity contribution in [1.82, 2.24) is 15.0 Å². The Morgan fingerprint density at radius 3 is 2.84 bits per heavy atom. The second kappa shape index (κ2) is 4.49. The van der Waals surface area contributed by atoms with Gasteiger partial charge < -0.3 is 4.42 Å². The van der Waals surface area contributed by atoms with Crippen LogP contribution in [-0.4, -0.2) is 21.3 Å². The van der Waals surface area contributed by atoms with Gasteiger partial charge in [0, 0.05) is 0 Å². The van der Waals surface area contributed by atoms with Gasteiger partial charge in [-0.1, -0.05) is 17.3 Å². The van der Waals surface area contributed by atoms with Crippen LogP contribution < -0.4 is 5.56 Å². The summed E-state index contributed by atoms with van der Waals surface area (Å²) in [5, 5.41) is 8.31. The van der Waals surface area contributed by atoms with Crippen molar-refractivity contribution in [3.05, 3.63) is 58.3 Å². The molecule has 6 nitrogen and oxygen atoms in total. The lowest BCUT2D eigenvalue weighted by molar-refractivity contribution is 0.109. The SMILES string of the molecule is O=Cc1ccc(Cn2nnc3ccccc3c2=O)o1. The van der Waals surface area contributed by atoms with E-state index in [-0.39, 0.29) is 17.9 Å². The normalized spacial score (nSPS) is 10.7. The Morgan fingerprint density at radius 1 is 1.21 bits per heavy atom. The predicted molar refractivity (Wildman–Crippen MR) is 67.0 cm³/mol. The van der Waals surface area contributed by atoms with E-state index in [1.807, 2.05) is 0 Å². The summed E-state index contributed by atoms with van der Waals surface area (Å²) in [5.41, 5.74) is 0.312. The molecule has 0 amide bonds. The summed E-state index contributed by atoms with van der Waals surface area (Å²) < 4.78 is 6.41. The Kier molecular flexibility index (Phi) is 2.68. The Balaban J connectivity index is 2.03. The second-order valence-electron chi connectivity index (χ2n) is 3.99.